The van der Waals surface area contributed by atoms with Crippen LogP contribution in [-0.4, -0.2) is 46.7 Å². The number of nitrogens with zero attached hydrogens (tertiary/aromatic N) is 1. The van der Waals surface area contributed by atoms with Crippen molar-refractivity contribution < 1.29 is 19.8 Å². The van der Waals surface area contributed by atoms with E-state index in [9.17, 15) is 14.7 Å². The number of rotatable bonds is 8. The van der Waals surface area contributed by atoms with E-state index in [1.54, 1.807) is 4.90 Å². The fourth-order valence-electron chi connectivity index (χ4n) is 3.06. The molecule has 1 amide bonds. The zero-order valence-corrected chi connectivity index (χ0v) is 12.5. The van der Waals surface area contributed by atoms with Crippen LogP contribution in [0.4, 0.5) is 0 Å². The van der Waals surface area contributed by atoms with Crippen LogP contribution in [0.5, 0.6) is 0 Å². The molecule has 0 radical (unpaired) electrons. The van der Waals surface area contributed by atoms with Gasteiger partial charge >= 0.3 is 5.97 Å². The number of carboxylic acid groups (broad SMARTS) is 1. The summed E-state index contributed by atoms with van der Waals surface area (Å²) in [6.07, 6.45) is 4.04. The quantitative estimate of drug-likeness (QED) is 0.712. The average Bonchev–Trinajstić information content (AvgIpc) is 2.87. The highest BCUT2D eigenvalue weighted by molar-refractivity contribution is 5.85. The van der Waals surface area contributed by atoms with Gasteiger partial charge in [-0.05, 0) is 25.2 Å². The molecule has 1 aliphatic carbocycles. The van der Waals surface area contributed by atoms with Gasteiger partial charge in [0.15, 0.2) is 0 Å². The molecule has 3 atom stereocenters. The van der Waals surface area contributed by atoms with Crippen molar-refractivity contribution in [2.24, 2.45) is 17.8 Å². The van der Waals surface area contributed by atoms with E-state index in [-0.39, 0.29) is 12.5 Å². The summed E-state index contributed by atoms with van der Waals surface area (Å²) in [7, 11) is 0. The summed E-state index contributed by atoms with van der Waals surface area (Å²) in [5.74, 6) is -1.60. The average molecular weight is 285 g/mol. The number of hydrogen-bond acceptors (Lipinski definition) is 3. The van der Waals surface area contributed by atoms with Gasteiger partial charge in [-0.1, -0.05) is 26.7 Å². The lowest BCUT2D eigenvalue weighted by Gasteiger charge is -2.26. The van der Waals surface area contributed by atoms with Gasteiger partial charge in [0, 0.05) is 13.1 Å². The molecule has 1 fully saturated rings. The first kappa shape index (κ1) is 17.0. The highest BCUT2D eigenvalue weighted by Crippen LogP contribution is 2.39. The first-order chi connectivity index (χ1) is 9.54. The molecule has 2 N–H and O–H groups in total. The number of aliphatic hydroxyl groups excluding tert-OH is 1. The first-order valence-electron chi connectivity index (χ1n) is 7.67. The number of aliphatic hydroxyl groups is 1. The normalized spacial score (nSPS) is 25.6. The molecule has 0 saturated heterocycles. The van der Waals surface area contributed by atoms with Crippen LogP contribution in [0.3, 0.4) is 0 Å². The zero-order valence-electron chi connectivity index (χ0n) is 12.5. The SMILES string of the molecule is CCCCN(CCO)C(=O)C1CC(CC)CC1C(=O)O. The monoisotopic (exact) mass is 285 g/mol. The Morgan fingerprint density at radius 2 is 1.80 bits per heavy atom. The summed E-state index contributed by atoms with van der Waals surface area (Å²) in [6, 6.07) is 0. The van der Waals surface area contributed by atoms with Gasteiger partial charge in [-0.2, -0.15) is 0 Å². The standard InChI is InChI=1S/C15H27NO4/c1-3-5-6-16(7-8-17)14(18)12-9-11(4-2)10-13(12)15(19)20/h11-13,17H,3-10H2,1-2H3,(H,19,20). The van der Waals surface area contributed by atoms with Crippen LogP contribution < -0.4 is 0 Å². The van der Waals surface area contributed by atoms with Gasteiger partial charge in [0.1, 0.15) is 0 Å². The van der Waals surface area contributed by atoms with Crippen molar-refractivity contribution in [1.29, 1.82) is 0 Å². The molecule has 5 heteroatoms. The molecule has 0 aromatic heterocycles. The van der Waals surface area contributed by atoms with Crippen molar-refractivity contribution in [3.8, 4) is 0 Å². The third kappa shape index (κ3) is 4.20. The Bertz CT molecular complexity index is 332. The largest absolute Gasteiger partial charge is 0.481 e. The molecule has 1 rings (SSSR count). The van der Waals surface area contributed by atoms with E-state index in [2.05, 4.69) is 0 Å². The minimum atomic E-state index is -0.862. The summed E-state index contributed by atoms with van der Waals surface area (Å²) >= 11 is 0. The Labute approximate surface area is 121 Å². The lowest BCUT2D eigenvalue weighted by atomic mass is 9.94. The first-order valence-corrected chi connectivity index (χ1v) is 7.67. The van der Waals surface area contributed by atoms with E-state index in [1.807, 2.05) is 13.8 Å². The molecule has 0 heterocycles. The third-order valence-corrected chi connectivity index (χ3v) is 4.34. The van der Waals surface area contributed by atoms with Crippen LogP contribution >= 0.6 is 0 Å². The van der Waals surface area contributed by atoms with Gasteiger partial charge in [0.25, 0.3) is 0 Å². The van der Waals surface area contributed by atoms with Crippen LogP contribution in [0.1, 0.15) is 46.0 Å². The molecule has 20 heavy (non-hydrogen) atoms. The van der Waals surface area contributed by atoms with E-state index < -0.39 is 17.8 Å². The number of carbonyl (C=O) groups is 2. The Morgan fingerprint density at radius 3 is 2.30 bits per heavy atom. The van der Waals surface area contributed by atoms with Gasteiger partial charge in [0.2, 0.25) is 5.91 Å². The Balaban J connectivity index is 2.76. The molecule has 1 saturated carbocycles. The second kappa shape index (κ2) is 8.25. The van der Waals surface area contributed by atoms with Gasteiger partial charge in [-0.3, -0.25) is 9.59 Å². The van der Waals surface area contributed by atoms with Crippen LogP contribution in [-0.2, 0) is 9.59 Å². The fraction of sp³-hybridized carbons (Fsp3) is 0.867. The van der Waals surface area contributed by atoms with Crippen LogP contribution in [0.15, 0.2) is 0 Å². The second-order valence-corrected chi connectivity index (χ2v) is 5.70. The number of amides is 1. The lowest BCUT2D eigenvalue weighted by molar-refractivity contribution is -0.149. The number of carbonyl (C=O) groups excluding carboxylic acids is 1. The molecule has 3 unspecified atom stereocenters. The van der Waals surface area contributed by atoms with Gasteiger partial charge in [-0.15, -0.1) is 0 Å². The smallest absolute Gasteiger partial charge is 0.307 e. The number of hydrogen-bond donors (Lipinski definition) is 2. The molecule has 1 aliphatic rings. The zero-order chi connectivity index (χ0) is 15.1. The van der Waals surface area contributed by atoms with Crippen molar-refractivity contribution in [2.75, 3.05) is 19.7 Å². The van der Waals surface area contributed by atoms with E-state index in [0.717, 1.165) is 19.3 Å². The predicted molar refractivity (Wildman–Crippen MR) is 76.2 cm³/mol. The minimum Gasteiger partial charge on any atom is -0.481 e. The Kier molecular flexibility index (Phi) is 6.99. The van der Waals surface area contributed by atoms with E-state index >= 15 is 0 Å². The van der Waals surface area contributed by atoms with E-state index in [1.165, 1.54) is 0 Å². The van der Waals surface area contributed by atoms with Crippen LogP contribution in [0.25, 0.3) is 0 Å². The second-order valence-electron chi connectivity index (χ2n) is 5.70. The van der Waals surface area contributed by atoms with Gasteiger partial charge < -0.3 is 15.1 Å². The number of unbranched alkanes of at least 4 members (excludes halogenated alkanes) is 1. The maximum atomic E-state index is 12.6. The third-order valence-electron chi connectivity index (χ3n) is 4.34. The molecule has 0 bridgehead atoms. The molecule has 0 aromatic carbocycles. The molecule has 0 aromatic rings. The highest BCUT2D eigenvalue weighted by Gasteiger charge is 2.43. The molecule has 5 nitrogen and oxygen atoms in total. The van der Waals surface area contributed by atoms with Crippen molar-refractivity contribution in [3.05, 3.63) is 0 Å². The summed E-state index contributed by atoms with van der Waals surface area (Å²) in [4.78, 5) is 25.6. The molecule has 116 valence electrons. The fourth-order valence-corrected chi connectivity index (χ4v) is 3.06. The highest BCUT2D eigenvalue weighted by atomic mass is 16.4. The summed E-state index contributed by atoms with van der Waals surface area (Å²) in [5.41, 5.74) is 0. The van der Waals surface area contributed by atoms with E-state index in [4.69, 9.17) is 5.11 Å². The minimum absolute atomic E-state index is 0.0723. The lowest BCUT2D eigenvalue weighted by Crippen LogP contribution is -2.41. The predicted octanol–water partition coefficient (Wildman–Crippen LogP) is 1.74. The van der Waals surface area contributed by atoms with Crippen molar-refractivity contribution in [3.63, 3.8) is 0 Å². The molecule has 0 spiro atoms. The van der Waals surface area contributed by atoms with Crippen molar-refractivity contribution >= 4 is 11.9 Å². The summed E-state index contributed by atoms with van der Waals surface area (Å²) < 4.78 is 0. The summed E-state index contributed by atoms with van der Waals surface area (Å²) in [6.45, 7) is 4.93. The summed E-state index contributed by atoms with van der Waals surface area (Å²) in [5, 5.41) is 18.4. The van der Waals surface area contributed by atoms with E-state index in [0.29, 0.717) is 31.8 Å². The molecular weight excluding hydrogens is 258 g/mol. The maximum absolute atomic E-state index is 12.6. The molecule has 0 aliphatic heterocycles. The molecular formula is C15H27NO4. The van der Waals surface area contributed by atoms with Gasteiger partial charge in [0.05, 0.1) is 18.4 Å². The van der Waals surface area contributed by atoms with Crippen LogP contribution in [0, 0.1) is 17.8 Å². The Morgan fingerprint density at radius 1 is 1.15 bits per heavy atom. The number of aliphatic carboxylic acids is 1. The maximum Gasteiger partial charge on any atom is 0.307 e. The topological polar surface area (TPSA) is 77.8 Å². The Hall–Kier alpha value is -1.10. The van der Waals surface area contributed by atoms with Crippen molar-refractivity contribution in [1.82, 2.24) is 4.90 Å². The van der Waals surface area contributed by atoms with Crippen molar-refractivity contribution in [2.45, 2.75) is 46.0 Å². The van der Waals surface area contributed by atoms with Crippen LogP contribution in [0.2, 0.25) is 0 Å². The number of carboxylic acids is 1. The van der Waals surface area contributed by atoms with Gasteiger partial charge in [-0.25, -0.2) is 0 Å².